The molecule has 0 saturated carbocycles. The van der Waals surface area contributed by atoms with Crippen LogP contribution >= 0.6 is 11.6 Å². The van der Waals surface area contributed by atoms with Crippen LogP contribution < -0.4 is 9.62 Å². The third-order valence-corrected chi connectivity index (χ3v) is 7.32. The summed E-state index contributed by atoms with van der Waals surface area (Å²) in [7, 11) is -3.60. The fourth-order valence-electron chi connectivity index (χ4n) is 3.92. The predicted octanol–water partition coefficient (Wildman–Crippen LogP) is 3.90. The highest BCUT2D eigenvalue weighted by Gasteiger charge is 2.37. The van der Waals surface area contributed by atoms with Crippen molar-refractivity contribution >= 4 is 27.3 Å². The van der Waals surface area contributed by atoms with Crippen LogP contribution in [0.2, 0.25) is 5.02 Å². The van der Waals surface area contributed by atoms with Gasteiger partial charge in [-0.1, -0.05) is 29.3 Å². The summed E-state index contributed by atoms with van der Waals surface area (Å²) in [5.74, 6) is 0.440. The Morgan fingerprint density at radius 2 is 1.88 bits per heavy atom. The van der Waals surface area contributed by atoms with Crippen LogP contribution in [0.5, 0.6) is 0 Å². The molecule has 0 aliphatic carbocycles. The number of nitrogens with zero attached hydrogens (tertiary/aromatic N) is 1. The molecule has 25 heavy (non-hydrogen) atoms. The molecule has 4 nitrogen and oxygen atoms in total. The monoisotopic (exact) mass is 376 g/mol. The van der Waals surface area contributed by atoms with Crippen molar-refractivity contribution in [2.75, 3.05) is 17.4 Å². The lowest BCUT2D eigenvalue weighted by molar-refractivity contribution is 0.448. The maximum absolute atomic E-state index is 13.3. The molecule has 6 heteroatoms. The van der Waals surface area contributed by atoms with Crippen LogP contribution in [0.15, 0.2) is 47.4 Å². The zero-order valence-corrected chi connectivity index (χ0v) is 15.6. The van der Waals surface area contributed by atoms with Crippen molar-refractivity contribution in [2.45, 2.75) is 30.7 Å². The molecular formula is C19H21ClN2O2S. The van der Waals surface area contributed by atoms with Crippen LogP contribution in [-0.2, 0) is 10.0 Å². The first-order chi connectivity index (χ1) is 12.0. The SMILES string of the molecule is Cc1ccc(S(=O)(=O)N2CCC3CCNC3c3cc(Cl)ccc32)cc1. The minimum absolute atomic E-state index is 0.173. The predicted molar refractivity (Wildman–Crippen MR) is 101 cm³/mol. The summed E-state index contributed by atoms with van der Waals surface area (Å²) in [4.78, 5) is 0.332. The number of anilines is 1. The molecule has 0 radical (unpaired) electrons. The van der Waals surface area contributed by atoms with E-state index in [1.165, 1.54) is 0 Å². The molecule has 2 heterocycles. The Bertz CT molecular complexity index is 896. The summed E-state index contributed by atoms with van der Waals surface area (Å²) in [6, 6.07) is 12.7. The molecule has 2 aromatic rings. The molecule has 4 rings (SSSR count). The maximum Gasteiger partial charge on any atom is 0.264 e. The van der Waals surface area contributed by atoms with E-state index in [2.05, 4.69) is 5.32 Å². The van der Waals surface area contributed by atoms with E-state index in [-0.39, 0.29) is 6.04 Å². The first kappa shape index (κ1) is 16.9. The van der Waals surface area contributed by atoms with Gasteiger partial charge in [-0.2, -0.15) is 0 Å². The molecule has 132 valence electrons. The largest absolute Gasteiger partial charge is 0.310 e. The molecule has 2 atom stereocenters. The van der Waals surface area contributed by atoms with Crippen LogP contribution in [0.4, 0.5) is 5.69 Å². The van der Waals surface area contributed by atoms with Gasteiger partial charge in [0.05, 0.1) is 10.6 Å². The number of fused-ring (bicyclic) bond motifs is 3. The van der Waals surface area contributed by atoms with Gasteiger partial charge >= 0.3 is 0 Å². The van der Waals surface area contributed by atoms with Crippen molar-refractivity contribution in [3.8, 4) is 0 Å². The van der Waals surface area contributed by atoms with Gasteiger partial charge in [0.15, 0.2) is 0 Å². The minimum atomic E-state index is -3.60. The van der Waals surface area contributed by atoms with Gasteiger partial charge in [-0.25, -0.2) is 8.42 Å². The third kappa shape index (κ3) is 2.94. The molecule has 1 N–H and O–H groups in total. The molecule has 0 spiro atoms. The van der Waals surface area contributed by atoms with E-state index in [0.29, 0.717) is 22.4 Å². The van der Waals surface area contributed by atoms with Crippen LogP contribution in [-0.4, -0.2) is 21.5 Å². The Labute approximate surface area is 153 Å². The van der Waals surface area contributed by atoms with Gasteiger partial charge in [-0.15, -0.1) is 0 Å². The van der Waals surface area contributed by atoms with Crippen LogP contribution in [0.1, 0.15) is 30.0 Å². The molecule has 1 saturated heterocycles. The third-order valence-electron chi connectivity index (χ3n) is 5.26. The Hall–Kier alpha value is -1.56. The second-order valence-electron chi connectivity index (χ2n) is 6.86. The summed E-state index contributed by atoms with van der Waals surface area (Å²) in [5.41, 5.74) is 2.77. The number of sulfonamides is 1. The van der Waals surface area contributed by atoms with Gasteiger partial charge < -0.3 is 5.32 Å². The Balaban J connectivity index is 1.83. The Kier molecular flexibility index (Phi) is 4.26. The lowest BCUT2D eigenvalue weighted by Gasteiger charge is -2.25. The highest BCUT2D eigenvalue weighted by Crippen LogP contribution is 2.43. The Morgan fingerprint density at radius 3 is 2.64 bits per heavy atom. The average molecular weight is 377 g/mol. The van der Waals surface area contributed by atoms with Crippen molar-refractivity contribution in [1.29, 1.82) is 0 Å². The van der Waals surface area contributed by atoms with E-state index >= 15 is 0 Å². The van der Waals surface area contributed by atoms with Gasteiger partial charge in [0.1, 0.15) is 0 Å². The van der Waals surface area contributed by atoms with Gasteiger partial charge in [0, 0.05) is 17.6 Å². The highest BCUT2D eigenvalue weighted by atomic mass is 35.5. The van der Waals surface area contributed by atoms with Gasteiger partial charge in [0.25, 0.3) is 10.0 Å². The molecule has 0 bridgehead atoms. The smallest absolute Gasteiger partial charge is 0.264 e. The normalized spacial score (nSPS) is 23.0. The van der Waals surface area contributed by atoms with E-state index in [9.17, 15) is 8.42 Å². The topological polar surface area (TPSA) is 49.4 Å². The molecule has 2 aliphatic heterocycles. The number of hydrogen-bond donors (Lipinski definition) is 1. The minimum Gasteiger partial charge on any atom is -0.310 e. The molecule has 0 amide bonds. The number of hydrogen-bond acceptors (Lipinski definition) is 3. The molecule has 2 aliphatic rings. The number of benzene rings is 2. The van der Waals surface area contributed by atoms with Crippen LogP contribution in [0.3, 0.4) is 0 Å². The molecule has 0 aromatic heterocycles. The second kappa shape index (κ2) is 6.31. The van der Waals surface area contributed by atoms with Crippen molar-refractivity contribution in [1.82, 2.24) is 5.32 Å². The number of halogens is 1. The molecule has 1 fully saturated rings. The van der Waals surface area contributed by atoms with E-state index in [1.54, 1.807) is 22.5 Å². The number of aryl methyl sites for hydroxylation is 1. The average Bonchev–Trinajstić information content (AvgIpc) is 2.99. The van der Waals surface area contributed by atoms with Crippen molar-refractivity contribution in [2.24, 2.45) is 5.92 Å². The Morgan fingerprint density at radius 1 is 1.12 bits per heavy atom. The maximum atomic E-state index is 13.3. The summed E-state index contributed by atoms with van der Waals surface area (Å²) in [5, 5.41) is 4.16. The zero-order chi connectivity index (χ0) is 17.6. The fraction of sp³-hybridized carbons (Fsp3) is 0.368. The van der Waals surface area contributed by atoms with Crippen LogP contribution in [0.25, 0.3) is 0 Å². The summed E-state index contributed by atoms with van der Waals surface area (Å²) >= 11 is 6.22. The summed E-state index contributed by atoms with van der Waals surface area (Å²) in [6.07, 6.45) is 1.91. The summed E-state index contributed by atoms with van der Waals surface area (Å²) < 4.78 is 28.1. The van der Waals surface area contributed by atoms with Gasteiger partial charge in [-0.05, 0) is 68.1 Å². The highest BCUT2D eigenvalue weighted by molar-refractivity contribution is 7.92. The standard InChI is InChI=1S/C19H21ClN2O2S/c1-13-2-5-16(6-3-13)25(23,24)22-11-9-14-8-10-21-19(14)17-12-15(20)4-7-18(17)22/h2-7,12,14,19,21H,8-11H2,1H3. The van der Waals surface area contributed by atoms with Crippen molar-refractivity contribution in [3.05, 3.63) is 58.6 Å². The summed E-state index contributed by atoms with van der Waals surface area (Å²) in [6.45, 7) is 3.41. The first-order valence-electron chi connectivity index (χ1n) is 8.59. The molecule has 2 unspecified atom stereocenters. The van der Waals surface area contributed by atoms with E-state index in [0.717, 1.165) is 36.2 Å². The van der Waals surface area contributed by atoms with E-state index in [4.69, 9.17) is 11.6 Å². The van der Waals surface area contributed by atoms with E-state index in [1.807, 2.05) is 31.2 Å². The van der Waals surface area contributed by atoms with Gasteiger partial charge in [0.2, 0.25) is 0 Å². The lowest BCUT2D eigenvalue weighted by Crippen LogP contribution is -2.32. The van der Waals surface area contributed by atoms with Crippen molar-refractivity contribution in [3.63, 3.8) is 0 Å². The van der Waals surface area contributed by atoms with E-state index < -0.39 is 10.0 Å². The molecular weight excluding hydrogens is 356 g/mol. The number of nitrogens with one attached hydrogen (secondary N) is 1. The number of rotatable bonds is 2. The van der Waals surface area contributed by atoms with Crippen LogP contribution in [0, 0.1) is 12.8 Å². The fourth-order valence-corrected chi connectivity index (χ4v) is 5.61. The van der Waals surface area contributed by atoms with Gasteiger partial charge in [-0.3, -0.25) is 4.31 Å². The van der Waals surface area contributed by atoms with Crippen molar-refractivity contribution < 1.29 is 8.42 Å². The lowest BCUT2D eigenvalue weighted by atomic mass is 9.92. The molecule has 2 aromatic carbocycles. The quantitative estimate of drug-likeness (QED) is 0.864. The second-order valence-corrected chi connectivity index (χ2v) is 9.16. The first-order valence-corrected chi connectivity index (χ1v) is 10.4. The zero-order valence-electron chi connectivity index (χ0n) is 14.1.